The van der Waals surface area contributed by atoms with Crippen molar-refractivity contribution < 1.29 is 23.9 Å². The van der Waals surface area contributed by atoms with Crippen LogP contribution in [0.25, 0.3) is 0 Å². The fraction of sp³-hybridized carbons (Fsp3) is 0.412. The van der Waals surface area contributed by atoms with Crippen molar-refractivity contribution in [3.8, 4) is 0 Å². The number of nitrogens with one attached hydrogen (secondary N) is 1. The number of carbonyl (C=O) groups excluding carboxylic acids is 3. The van der Waals surface area contributed by atoms with E-state index in [0.717, 1.165) is 17.0 Å². The maximum atomic E-state index is 12.5. The van der Waals surface area contributed by atoms with Crippen molar-refractivity contribution in [2.45, 2.75) is 27.7 Å². The Morgan fingerprint density at radius 2 is 1.77 bits per heavy atom. The lowest BCUT2D eigenvalue weighted by Crippen LogP contribution is -2.15. The molecule has 2 rings (SSSR count). The lowest BCUT2D eigenvalue weighted by Gasteiger charge is -2.06. The van der Waals surface area contributed by atoms with Crippen molar-refractivity contribution in [1.82, 2.24) is 9.78 Å². The molecule has 0 bridgehead atoms. The van der Waals surface area contributed by atoms with Crippen molar-refractivity contribution >= 4 is 34.2 Å². The second-order valence-electron chi connectivity index (χ2n) is 5.45. The first-order chi connectivity index (χ1) is 12.3. The number of hydrogen-bond donors (Lipinski definition) is 1. The first-order valence-corrected chi connectivity index (χ1v) is 8.91. The van der Waals surface area contributed by atoms with Crippen LogP contribution in [0, 0.1) is 13.8 Å². The Kier molecular flexibility index (Phi) is 6.14. The molecule has 0 spiro atoms. The van der Waals surface area contributed by atoms with E-state index in [1.54, 1.807) is 38.6 Å². The number of aryl methyl sites for hydroxylation is 2. The highest BCUT2D eigenvalue weighted by Crippen LogP contribution is 2.34. The average Bonchev–Trinajstić information content (AvgIpc) is 3.08. The molecule has 2 heterocycles. The first kappa shape index (κ1) is 19.6. The van der Waals surface area contributed by atoms with E-state index >= 15 is 0 Å². The quantitative estimate of drug-likeness (QED) is 0.775. The predicted molar refractivity (Wildman–Crippen MR) is 96.9 cm³/mol. The highest BCUT2D eigenvalue weighted by atomic mass is 32.1. The summed E-state index contributed by atoms with van der Waals surface area (Å²) in [6.45, 7) is 7.20. The van der Waals surface area contributed by atoms with Crippen LogP contribution in [0.3, 0.4) is 0 Å². The molecule has 1 amide bonds. The van der Waals surface area contributed by atoms with Crippen LogP contribution in [0.15, 0.2) is 6.07 Å². The van der Waals surface area contributed by atoms with Gasteiger partial charge in [0.15, 0.2) is 5.69 Å². The van der Waals surface area contributed by atoms with E-state index in [0.29, 0.717) is 5.56 Å². The monoisotopic (exact) mass is 379 g/mol. The Hall–Kier alpha value is -2.68. The molecule has 0 saturated carbocycles. The molecule has 1 N–H and O–H groups in total. The fourth-order valence-electron chi connectivity index (χ4n) is 2.28. The lowest BCUT2D eigenvalue weighted by atomic mass is 10.1. The number of nitrogens with zero attached hydrogens (tertiary/aromatic N) is 2. The first-order valence-electron chi connectivity index (χ1n) is 8.09. The van der Waals surface area contributed by atoms with Crippen molar-refractivity contribution in [3.63, 3.8) is 0 Å². The number of rotatable bonds is 6. The molecule has 8 nitrogen and oxygen atoms in total. The summed E-state index contributed by atoms with van der Waals surface area (Å²) in [5.74, 6) is -1.63. The van der Waals surface area contributed by atoms with Gasteiger partial charge < -0.3 is 14.8 Å². The zero-order valence-corrected chi connectivity index (χ0v) is 16.2. The van der Waals surface area contributed by atoms with Crippen LogP contribution in [-0.2, 0) is 16.5 Å². The normalized spacial score (nSPS) is 10.5. The maximum Gasteiger partial charge on any atom is 0.348 e. The van der Waals surface area contributed by atoms with Gasteiger partial charge in [-0.05, 0) is 39.3 Å². The van der Waals surface area contributed by atoms with Crippen molar-refractivity contribution in [1.29, 1.82) is 0 Å². The van der Waals surface area contributed by atoms with Gasteiger partial charge in [-0.3, -0.25) is 9.48 Å². The summed E-state index contributed by atoms with van der Waals surface area (Å²) >= 11 is 0.980. The molecule has 9 heteroatoms. The van der Waals surface area contributed by atoms with Gasteiger partial charge in [0.2, 0.25) is 0 Å². The highest BCUT2D eigenvalue weighted by molar-refractivity contribution is 7.18. The van der Waals surface area contributed by atoms with E-state index in [2.05, 4.69) is 10.4 Å². The summed E-state index contributed by atoms with van der Waals surface area (Å²) < 4.78 is 11.6. The van der Waals surface area contributed by atoms with Gasteiger partial charge in [0.05, 0.1) is 18.8 Å². The van der Waals surface area contributed by atoms with Crippen LogP contribution in [0.4, 0.5) is 5.00 Å². The summed E-state index contributed by atoms with van der Waals surface area (Å²) in [6.07, 6.45) is 0. The molecule has 0 aliphatic rings. The average molecular weight is 379 g/mol. The minimum Gasteiger partial charge on any atom is -0.462 e. The van der Waals surface area contributed by atoms with Gasteiger partial charge in [-0.2, -0.15) is 5.10 Å². The molecule has 2 aromatic rings. The van der Waals surface area contributed by atoms with E-state index in [9.17, 15) is 14.4 Å². The molecule has 0 unspecified atom stereocenters. The standard InChI is InChI=1S/C17H21N3O5S/c1-6-24-16(22)12-10(4)13(17(23)25-7-2)26-15(12)18-14(21)11-8-9(3)20(5)19-11/h8H,6-7H2,1-5H3,(H,18,21). The summed E-state index contributed by atoms with van der Waals surface area (Å²) in [6, 6.07) is 1.63. The molecule has 0 aliphatic carbocycles. The van der Waals surface area contributed by atoms with Crippen LogP contribution in [-0.4, -0.2) is 40.8 Å². The van der Waals surface area contributed by atoms with Gasteiger partial charge in [0, 0.05) is 12.7 Å². The molecule has 0 aliphatic heterocycles. The number of amides is 1. The highest BCUT2D eigenvalue weighted by Gasteiger charge is 2.27. The summed E-state index contributed by atoms with van der Waals surface area (Å²) in [5.41, 5.74) is 1.60. The Bertz CT molecular complexity index is 833. The third-order valence-corrected chi connectivity index (χ3v) is 4.85. The molecular weight excluding hydrogens is 358 g/mol. The van der Waals surface area contributed by atoms with E-state index in [4.69, 9.17) is 9.47 Å². The number of carbonyl (C=O) groups is 3. The van der Waals surface area contributed by atoms with Crippen LogP contribution >= 0.6 is 11.3 Å². The number of esters is 2. The van der Waals surface area contributed by atoms with E-state index < -0.39 is 17.8 Å². The van der Waals surface area contributed by atoms with Crippen LogP contribution in [0.2, 0.25) is 0 Å². The summed E-state index contributed by atoms with van der Waals surface area (Å²) in [4.78, 5) is 37.2. The van der Waals surface area contributed by atoms with Crippen molar-refractivity contribution in [2.75, 3.05) is 18.5 Å². The number of thiophene rings is 1. The molecule has 140 valence electrons. The lowest BCUT2D eigenvalue weighted by molar-refractivity contribution is 0.0527. The van der Waals surface area contributed by atoms with Gasteiger partial charge in [-0.25, -0.2) is 9.59 Å². The second kappa shape index (κ2) is 8.13. The largest absolute Gasteiger partial charge is 0.462 e. The third kappa shape index (κ3) is 3.93. The smallest absolute Gasteiger partial charge is 0.348 e. The van der Waals surface area contributed by atoms with E-state index in [-0.39, 0.29) is 34.3 Å². The van der Waals surface area contributed by atoms with Gasteiger partial charge in [0.1, 0.15) is 9.88 Å². The molecule has 0 radical (unpaired) electrons. The molecule has 0 aromatic carbocycles. The van der Waals surface area contributed by atoms with Crippen LogP contribution < -0.4 is 5.32 Å². The fourth-order valence-corrected chi connectivity index (χ4v) is 3.36. The summed E-state index contributed by atoms with van der Waals surface area (Å²) in [7, 11) is 1.73. The van der Waals surface area contributed by atoms with Gasteiger partial charge in [-0.15, -0.1) is 11.3 Å². The minimum atomic E-state index is -0.607. The van der Waals surface area contributed by atoms with Gasteiger partial charge in [-0.1, -0.05) is 0 Å². The molecule has 26 heavy (non-hydrogen) atoms. The Labute approximate surface area is 155 Å². The molecule has 0 saturated heterocycles. The van der Waals surface area contributed by atoms with Crippen LogP contribution in [0.5, 0.6) is 0 Å². The Morgan fingerprint density at radius 1 is 1.15 bits per heavy atom. The zero-order valence-electron chi connectivity index (χ0n) is 15.3. The van der Waals surface area contributed by atoms with E-state index in [1.807, 2.05) is 6.92 Å². The summed E-state index contributed by atoms with van der Waals surface area (Å²) in [5, 5.41) is 7.01. The van der Waals surface area contributed by atoms with E-state index in [1.165, 1.54) is 0 Å². The Balaban J connectivity index is 2.41. The second-order valence-corrected chi connectivity index (χ2v) is 6.47. The van der Waals surface area contributed by atoms with Crippen molar-refractivity contribution in [2.24, 2.45) is 7.05 Å². The predicted octanol–water partition coefficient (Wildman–Crippen LogP) is 2.70. The molecule has 2 aromatic heterocycles. The topological polar surface area (TPSA) is 99.5 Å². The maximum absolute atomic E-state index is 12.5. The molecule has 0 fully saturated rings. The third-order valence-electron chi connectivity index (χ3n) is 3.66. The SMILES string of the molecule is CCOC(=O)c1sc(NC(=O)c2cc(C)n(C)n2)c(C(=O)OCC)c1C. The minimum absolute atomic E-state index is 0.154. The van der Waals surface area contributed by atoms with Gasteiger partial charge >= 0.3 is 11.9 Å². The molecular formula is C17H21N3O5S. The number of hydrogen-bond acceptors (Lipinski definition) is 7. The van der Waals surface area contributed by atoms with Crippen LogP contribution in [0.1, 0.15) is 55.6 Å². The number of anilines is 1. The zero-order chi connectivity index (χ0) is 19.4. The van der Waals surface area contributed by atoms with Crippen molar-refractivity contribution in [3.05, 3.63) is 33.5 Å². The molecule has 0 atom stereocenters. The Morgan fingerprint density at radius 3 is 2.31 bits per heavy atom. The van der Waals surface area contributed by atoms with Gasteiger partial charge in [0.25, 0.3) is 5.91 Å². The number of ether oxygens (including phenoxy) is 2. The number of aromatic nitrogens is 2.